The van der Waals surface area contributed by atoms with E-state index in [2.05, 4.69) is 21.2 Å². The lowest BCUT2D eigenvalue weighted by Crippen LogP contribution is -2.05. The molecule has 2 N–H and O–H groups in total. The molecule has 0 aliphatic carbocycles. The fourth-order valence-electron chi connectivity index (χ4n) is 2.87. The standard InChI is InChI=1S/C23H19BrCl3NO4/c1-2-31-21-9-15(11-28-20-8-14(23(29)30)4-6-18(20)26)16(24)10-22(21)32-12-13-3-5-17(25)19(27)7-13/h3-10,28H,2,11-12H2,1H3,(H,29,30). The predicted octanol–water partition coefficient (Wildman–Crippen LogP) is 7.70. The third-order valence-electron chi connectivity index (χ3n) is 4.47. The lowest BCUT2D eigenvalue weighted by atomic mass is 10.1. The lowest BCUT2D eigenvalue weighted by Gasteiger charge is -2.16. The van der Waals surface area contributed by atoms with E-state index in [4.69, 9.17) is 44.3 Å². The molecule has 5 nitrogen and oxygen atoms in total. The monoisotopic (exact) mass is 557 g/mol. The Hall–Kier alpha value is -2.12. The summed E-state index contributed by atoms with van der Waals surface area (Å²) in [7, 11) is 0. The van der Waals surface area contributed by atoms with Gasteiger partial charge in [-0.3, -0.25) is 0 Å². The van der Waals surface area contributed by atoms with Crippen LogP contribution < -0.4 is 14.8 Å². The lowest BCUT2D eigenvalue weighted by molar-refractivity contribution is 0.0697. The fourth-order valence-corrected chi connectivity index (χ4v) is 3.84. The maximum atomic E-state index is 11.2. The number of aromatic carboxylic acids is 1. The van der Waals surface area contributed by atoms with Gasteiger partial charge in [-0.1, -0.05) is 56.8 Å². The first-order chi connectivity index (χ1) is 15.3. The molecule has 0 aliphatic heterocycles. The number of anilines is 1. The van der Waals surface area contributed by atoms with E-state index in [1.807, 2.05) is 25.1 Å². The van der Waals surface area contributed by atoms with Gasteiger partial charge < -0.3 is 19.9 Å². The number of hydrogen-bond donors (Lipinski definition) is 2. The van der Waals surface area contributed by atoms with E-state index in [0.717, 1.165) is 15.6 Å². The third-order valence-corrected chi connectivity index (χ3v) is 6.28. The molecule has 0 saturated heterocycles. The van der Waals surface area contributed by atoms with Gasteiger partial charge in [0.1, 0.15) is 6.61 Å². The zero-order valence-corrected chi connectivity index (χ0v) is 20.8. The van der Waals surface area contributed by atoms with E-state index >= 15 is 0 Å². The summed E-state index contributed by atoms with van der Waals surface area (Å²) in [5.74, 6) is 0.130. The molecule has 9 heteroatoms. The topological polar surface area (TPSA) is 67.8 Å². The summed E-state index contributed by atoms with van der Waals surface area (Å²) < 4.78 is 12.5. The van der Waals surface area contributed by atoms with Crippen LogP contribution in [0.3, 0.4) is 0 Å². The second kappa shape index (κ2) is 11.1. The molecule has 0 atom stereocenters. The Kier molecular flexibility index (Phi) is 8.54. The van der Waals surface area contributed by atoms with Crippen molar-refractivity contribution in [3.05, 3.63) is 84.8 Å². The van der Waals surface area contributed by atoms with Crippen LogP contribution in [0.25, 0.3) is 0 Å². The van der Waals surface area contributed by atoms with Gasteiger partial charge in [0.2, 0.25) is 0 Å². The molecular weight excluding hydrogens is 541 g/mol. The van der Waals surface area contributed by atoms with Gasteiger partial charge in [-0.25, -0.2) is 4.79 Å². The Labute approximate surface area is 209 Å². The molecule has 0 spiro atoms. The first kappa shape index (κ1) is 24.5. The van der Waals surface area contributed by atoms with Crippen molar-refractivity contribution in [1.82, 2.24) is 0 Å². The maximum Gasteiger partial charge on any atom is 0.335 e. The van der Waals surface area contributed by atoms with Crippen LogP contribution in [0.1, 0.15) is 28.4 Å². The molecular formula is C23H19BrCl3NO4. The largest absolute Gasteiger partial charge is 0.490 e. The summed E-state index contributed by atoms with van der Waals surface area (Å²) in [6.45, 7) is 3.03. The molecule has 3 aromatic carbocycles. The van der Waals surface area contributed by atoms with Crippen molar-refractivity contribution in [2.45, 2.75) is 20.1 Å². The number of halogens is 4. The average Bonchev–Trinajstić information content (AvgIpc) is 2.76. The summed E-state index contributed by atoms with van der Waals surface area (Å²) in [4.78, 5) is 11.2. The Morgan fingerprint density at radius 2 is 1.69 bits per heavy atom. The van der Waals surface area contributed by atoms with Crippen LogP contribution in [0.4, 0.5) is 5.69 Å². The first-order valence-corrected chi connectivity index (χ1v) is 11.5. The van der Waals surface area contributed by atoms with Crippen LogP contribution in [0, 0.1) is 0 Å². The molecule has 0 fully saturated rings. The first-order valence-electron chi connectivity index (χ1n) is 9.57. The van der Waals surface area contributed by atoms with Crippen molar-refractivity contribution in [3.63, 3.8) is 0 Å². The van der Waals surface area contributed by atoms with E-state index < -0.39 is 5.97 Å². The average molecular weight is 560 g/mol. The van der Waals surface area contributed by atoms with Gasteiger partial charge >= 0.3 is 5.97 Å². The normalized spacial score (nSPS) is 10.7. The second-order valence-corrected chi connectivity index (χ2v) is 8.79. The van der Waals surface area contributed by atoms with Gasteiger partial charge in [-0.05, 0) is 60.5 Å². The van der Waals surface area contributed by atoms with Gasteiger partial charge in [-0.2, -0.15) is 0 Å². The maximum absolute atomic E-state index is 11.2. The number of carboxylic acid groups (broad SMARTS) is 1. The third kappa shape index (κ3) is 6.23. The SMILES string of the molecule is CCOc1cc(CNc2cc(C(=O)O)ccc2Cl)c(Br)cc1OCc1ccc(Cl)c(Cl)c1. The summed E-state index contributed by atoms with van der Waals surface area (Å²) in [5.41, 5.74) is 2.43. The summed E-state index contributed by atoms with van der Waals surface area (Å²) in [6.07, 6.45) is 0. The van der Waals surface area contributed by atoms with Gasteiger partial charge in [0.25, 0.3) is 0 Å². The molecule has 3 rings (SSSR count). The molecule has 0 bridgehead atoms. The van der Waals surface area contributed by atoms with Crippen molar-refractivity contribution >= 4 is 62.4 Å². The minimum absolute atomic E-state index is 0.150. The molecule has 0 aromatic heterocycles. The molecule has 32 heavy (non-hydrogen) atoms. The minimum Gasteiger partial charge on any atom is -0.490 e. The van der Waals surface area contributed by atoms with Crippen molar-refractivity contribution in [1.29, 1.82) is 0 Å². The Morgan fingerprint density at radius 3 is 2.38 bits per heavy atom. The molecule has 0 heterocycles. The van der Waals surface area contributed by atoms with Crippen LogP contribution in [0.5, 0.6) is 11.5 Å². The quantitative estimate of drug-likeness (QED) is 0.281. The number of ether oxygens (including phenoxy) is 2. The highest BCUT2D eigenvalue weighted by molar-refractivity contribution is 9.10. The molecule has 0 aliphatic rings. The van der Waals surface area contributed by atoms with Crippen LogP contribution in [0.15, 0.2) is 53.0 Å². The second-order valence-electron chi connectivity index (χ2n) is 6.71. The number of benzene rings is 3. The number of carboxylic acids is 1. The number of carbonyl (C=O) groups is 1. The van der Waals surface area contributed by atoms with Crippen LogP contribution >= 0.6 is 50.7 Å². The Morgan fingerprint density at radius 1 is 0.969 bits per heavy atom. The minimum atomic E-state index is -1.02. The van der Waals surface area contributed by atoms with Gasteiger partial charge in [0, 0.05) is 11.0 Å². The van der Waals surface area contributed by atoms with Crippen LogP contribution in [-0.2, 0) is 13.2 Å². The highest BCUT2D eigenvalue weighted by Crippen LogP contribution is 2.35. The summed E-state index contributed by atoms with van der Waals surface area (Å²) in [5, 5.41) is 13.7. The zero-order valence-electron chi connectivity index (χ0n) is 16.9. The molecule has 3 aromatic rings. The van der Waals surface area contributed by atoms with Crippen molar-refractivity contribution in [2.24, 2.45) is 0 Å². The van der Waals surface area contributed by atoms with Gasteiger partial charge in [0.05, 0.1) is 32.9 Å². The molecule has 0 unspecified atom stereocenters. The van der Waals surface area contributed by atoms with E-state index in [0.29, 0.717) is 52.0 Å². The predicted molar refractivity (Wildman–Crippen MR) is 132 cm³/mol. The summed E-state index contributed by atoms with van der Waals surface area (Å²) in [6, 6.07) is 13.5. The number of hydrogen-bond acceptors (Lipinski definition) is 4. The van der Waals surface area contributed by atoms with Crippen molar-refractivity contribution < 1.29 is 19.4 Å². The molecule has 168 valence electrons. The highest BCUT2D eigenvalue weighted by atomic mass is 79.9. The van der Waals surface area contributed by atoms with E-state index in [-0.39, 0.29) is 5.56 Å². The fraction of sp³-hybridized carbons (Fsp3) is 0.174. The zero-order chi connectivity index (χ0) is 23.3. The Balaban J connectivity index is 1.78. The highest BCUT2D eigenvalue weighted by Gasteiger charge is 2.13. The smallest absolute Gasteiger partial charge is 0.335 e. The van der Waals surface area contributed by atoms with Crippen LogP contribution in [0.2, 0.25) is 15.1 Å². The van der Waals surface area contributed by atoms with Crippen molar-refractivity contribution in [2.75, 3.05) is 11.9 Å². The van der Waals surface area contributed by atoms with Crippen LogP contribution in [-0.4, -0.2) is 17.7 Å². The molecule has 0 radical (unpaired) electrons. The molecule has 0 amide bonds. The van der Waals surface area contributed by atoms with E-state index in [9.17, 15) is 9.90 Å². The van der Waals surface area contributed by atoms with Gasteiger partial charge in [0.15, 0.2) is 11.5 Å². The molecule has 0 saturated carbocycles. The van der Waals surface area contributed by atoms with Gasteiger partial charge in [-0.15, -0.1) is 0 Å². The Bertz CT molecular complexity index is 1140. The van der Waals surface area contributed by atoms with Crippen molar-refractivity contribution in [3.8, 4) is 11.5 Å². The summed E-state index contributed by atoms with van der Waals surface area (Å²) >= 11 is 21.8. The van der Waals surface area contributed by atoms with E-state index in [1.165, 1.54) is 12.1 Å². The number of nitrogens with one attached hydrogen (secondary N) is 1. The van der Waals surface area contributed by atoms with E-state index in [1.54, 1.807) is 18.2 Å². The number of rotatable bonds is 9.